The molecule has 0 unspecified atom stereocenters. The van der Waals surface area contributed by atoms with Crippen LogP contribution in [0.3, 0.4) is 0 Å². The molecule has 102 valence electrons. The molecule has 7 heteroatoms. The Labute approximate surface area is 120 Å². The number of nitrogens with one attached hydrogen (secondary N) is 1. The van der Waals surface area contributed by atoms with Gasteiger partial charge in [-0.1, -0.05) is 0 Å². The lowest BCUT2D eigenvalue weighted by Crippen LogP contribution is -2.36. The van der Waals surface area contributed by atoms with E-state index in [-0.39, 0.29) is 20.7 Å². The first-order chi connectivity index (χ1) is 8.18. The van der Waals surface area contributed by atoms with Crippen LogP contribution in [0.4, 0.5) is 4.39 Å². The van der Waals surface area contributed by atoms with Gasteiger partial charge in [0.2, 0.25) is 10.0 Å². The zero-order valence-electron chi connectivity index (χ0n) is 10.3. The lowest BCUT2D eigenvalue weighted by Gasteiger charge is -2.22. The molecule has 1 rings (SSSR count). The lowest BCUT2D eigenvalue weighted by molar-refractivity contribution is 0.567. The normalized spacial score (nSPS) is 12.7. The molecule has 0 atom stereocenters. The number of halogens is 2. The second kappa shape index (κ2) is 5.90. The summed E-state index contributed by atoms with van der Waals surface area (Å²) in [5.41, 5.74) is 0. The summed E-state index contributed by atoms with van der Waals surface area (Å²) in [6.45, 7) is 4.15. The third-order valence-electron chi connectivity index (χ3n) is 2.44. The molecule has 0 saturated carbocycles. The SMILES string of the molecule is CSC(C)(C)CNS(=O)(=O)c1ccc(Br)c(F)c1. The van der Waals surface area contributed by atoms with Crippen molar-refractivity contribution in [3.63, 3.8) is 0 Å². The molecular formula is C11H15BrFNO2S2. The predicted octanol–water partition coefficient (Wildman–Crippen LogP) is 3.01. The Balaban J connectivity index is 2.90. The van der Waals surface area contributed by atoms with Gasteiger partial charge in [-0.2, -0.15) is 11.8 Å². The molecule has 0 aromatic heterocycles. The Bertz CT molecular complexity index is 532. The molecule has 1 aromatic carbocycles. The fraction of sp³-hybridized carbons (Fsp3) is 0.455. The van der Waals surface area contributed by atoms with Gasteiger partial charge in [-0.15, -0.1) is 0 Å². The van der Waals surface area contributed by atoms with Crippen LogP contribution in [0.1, 0.15) is 13.8 Å². The van der Waals surface area contributed by atoms with Gasteiger partial charge in [0.05, 0.1) is 9.37 Å². The molecule has 0 radical (unpaired) electrons. The van der Waals surface area contributed by atoms with E-state index < -0.39 is 15.8 Å². The number of benzene rings is 1. The number of hydrogen-bond acceptors (Lipinski definition) is 3. The van der Waals surface area contributed by atoms with E-state index >= 15 is 0 Å². The molecule has 0 amide bonds. The van der Waals surface area contributed by atoms with Gasteiger partial charge in [0.15, 0.2) is 0 Å². The molecule has 0 heterocycles. The topological polar surface area (TPSA) is 46.2 Å². The number of hydrogen-bond donors (Lipinski definition) is 1. The summed E-state index contributed by atoms with van der Waals surface area (Å²) in [6, 6.07) is 3.74. The van der Waals surface area contributed by atoms with Crippen LogP contribution < -0.4 is 4.72 Å². The average molecular weight is 356 g/mol. The molecule has 0 aliphatic carbocycles. The van der Waals surface area contributed by atoms with Crippen molar-refractivity contribution in [1.29, 1.82) is 0 Å². The third kappa shape index (κ3) is 4.22. The van der Waals surface area contributed by atoms with Crippen molar-refractivity contribution in [2.24, 2.45) is 0 Å². The molecule has 18 heavy (non-hydrogen) atoms. The summed E-state index contributed by atoms with van der Waals surface area (Å²) < 4.78 is 39.7. The summed E-state index contributed by atoms with van der Waals surface area (Å²) >= 11 is 4.54. The first-order valence-electron chi connectivity index (χ1n) is 5.18. The lowest BCUT2D eigenvalue weighted by atomic mass is 10.2. The molecule has 1 N–H and O–H groups in total. The second-order valence-corrected chi connectivity index (χ2v) is 8.50. The largest absolute Gasteiger partial charge is 0.240 e. The Hall–Kier alpha value is -0.110. The summed E-state index contributed by atoms with van der Waals surface area (Å²) in [6.07, 6.45) is 1.91. The zero-order valence-corrected chi connectivity index (χ0v) is 13.5. The van der Waals surface area contributed by atoms with Crippen molar-refractivity contribution in [2.45, 2.75) is 23.5 Å². The monoisotopic (exact) mass is 355 g/mol. The van der Waals surface area contributed by atoms with E-state index in [0.29, 0.717) is 0 Å². The van der Waals surface area contributed by atoms with Crippen LogP contribution in [0.25, 0.3) is 0 Å². The summed E-state index contributed by atoms with van der Waals surface area (Å²) in [7, 11) is -3.67. The van der Waals surface area contributed by atoms with Crippen LogP contribution in [0, 0.1) is 5.82 Å². The molecule has 0 fully saturated rings. The Morgan fingerprint density at radius 1 is 1.44 bits per heavy atom. The standard InChI is InChI=1S/C11H15BrFNO2S2/c1-11(2,17-3)7-14-18(15,16)8-4-5-9(12)10(13)6-8/h4-6,14H,7H2,1-3H3. The van der Waals surface area contributed by atoms with Gasteiger partial charge < -0.3 is 0 Å². The maximum absolute atomic E-state index is 13.3. The van der Waals surface area contributed by atoms with Crippen LogP contribution in [0.15, 0.2) is 27.6 Å². The van der Waals surface area contributed by atoms with Crippen molar-refractivity contribution in [3.8, 4) is 0 Å². The predicted molar refractivity (Wildman–Crippen MR) is 76.9 cm³/mol. The molecular weight excluding hydrogens is 341 g/mol. The van der Waals surface area contributed by atoms with Crippen molar-refractivity contribution in [1.82, 2.24) is 4.72 Å². The van der Waals surface area contributed by atoms with Gasteiger partial charge in [0, 0.05) is 11.3 Å². The van der Waals surface area contributed by atoms with Gasteiger partial charge in [-0.05, 0) is 54.2 Å². The number of sulfonamides is 1. The van der Waals surface area contributed by atoms with E-state index in [1.54, 1.807) is 11.8 Å². The van der Waals surface area contributed by atoms with Crippen LogP contribution in [-0.4, -0.2) is 26.0 Å². The Morgan fingerprint density at radius 2 is 2.06 bits per heavy atom. The van der Waals surface area contributed by atoms with E-state index in [9.17, 15) is 12.8 Å². The van der Waals surface area contributed by atoms with E-state index in [0.717, 1.165) is 6.07 Å². The van der Waals surface area contributed by atoms with Crippen LogP contribution in [0.5, 0.6) is 0 Å². The molecule has 1 aromatic rings. The maximum Gasteiger partial charge on any atom is 0.240 e. The second-order valence-electron chi connectivity index (χ2n) is 4.36. The van der Waals surface area contributed by atoms with Crippen molar-refractivity contribution in [2.75, 3.05) is 12.8 Å². The quantitative estimate of drug-likeness (QED) is 0.882. The van der Waals surface area contributed by atoms with Gasteiger partial charge in [-0.25, -0.2) is 17.5 Å². The maximum atomic E-state index is 13.3. The first-order valence-corrected chi connectivity index (χ1v) is 8.68. The fourth-order valence-corrected chi connectivity index (χ4v) is 2.85. The van der Waals surface area contributed by atoms with Crippen LogP contribution in [0.2, 0.25) is 0 Å². The summed E-state index contributed by atoms with van der Waals surface area (Å²) in [5, 5.41) is 0. The van der Waals surface area contributed by atoms with Crippen LogP contribution >= 0.6 is 27.7 Å². The molecule has 0 bridgehead atoms. The van der Waals surface area contributed by atoms with E-state index in [4.69, 9.17) is 0 Å². The molecule has 3 nitrogen and oxygen atoms in total. The van der Waals surface area contributed by atoms with Gasteiger partial charge in [0.25, 0.3) is 0 Å². The summed E-state index contributed by atoms with van der Waals surface area (Å²) in [5.74, 6) is -0.595. The third-order valence-corrected chi connectivity index (χ3v) is 5.73. The fourth-order valence-electron chi connectivity index (χ4n) is 1.07. The Morgan fingerprint density at radius 3 is 2.56 bits per heavy atom. The van der Waals surface area contributed by atoms with Gasteiger partial charge >= 0.3 is 0 Å². The minimum Gasteiger partial charge on any atom is -0.210 e. The zero-order chi connectivity index (χ0) is 14.0. The number of rotatable bonds is 5. The molecule has 0 spiro atoms. The highest BCUT2D eigenvalue weighted by atomic mass is 79.9. The highest BCUT2D eigenvalue weighted by Crippen LogP contribution is 2.22. The molecule has 0 aliphatic heterocycles. The van der Waals surface area contributed by atoms with Crippen molar-refractivity contribution < 1.29 is 12.8 Å². The first kappa shape index (κ1) is 15.9. The minimum atomic E-state index is -3.67. The highest BCUT2D eigenvalue weighted by Gasteiger charge is 2.21. The summed E-state index contributed by atoms with van der Waals surface area (Å²) in [4.78, 5) is -0.0693. The smallest absolute Gasteiger partial charge is 0.210 e. The average Bonchev–Trinajstić information content (AvgIpc) is 2.30. The van der Waals surface area contributed by atoms with E-state index in [2.05, 4.69) is 20.7 Å². The van der Waals surface area contributed by atoms with E-state index in [1.807, 2.05) is 20.1 Å². The van der Waals surface area contributed by atoms with Crippen molar-refractivity contribution in [3.05, 3.63) is 28.5 Å². The van der Waals surface area contributed by atoms with Crippen molar-refractivity contribution >= 4 is 37.7 Å². The highest BCUT2D eigenvalue weighted by molar-refractivity contribution is 9.10. The Kier molecular flexibility index (Phi) is 5.22. The van der Waals surface area contributed by atoms with Gasteiger partial charge in [0.1, 0.15) is 5.82 Å². The molecule has 0 aliphatic rings. The van der Waals surface area contributed by atoms with Crippen LogP contribution in [-0.2, 0) is 10.0 Å². The minimum absolute atomic E-state index is 0.0693. The van der Waals surface area contributed by atoms with E-state index in [1.165, 1.54) is 12.1 Å². The number of thioether (sulfide) groups is 1. The van der Waals surface area contributed by atoms with Gasteiger partial charge in [-0.3, -0.25) is 0 Å². The molecule has 0 saturated heterocycles.